The van der Waals surface area contributed by atoms with Crippen molar-refractivity contribution >= 4 is 11.6 Å². The van der Waals surface area contributed by atoms with Crippen LogP contribution in [0.25, 0.3) is 16.8 Å². The fraction of sp³-hybridized carbons (Fsp3) is 0.0833. The second-order valence-electron chi connectivity index (χ2n) is 6.63. The van der Waals surface area contributed by atoms with Crippen molar-refractivity contribution in [1.29, 1.82) is 0 Å². The lowest BCUT2D eigenvalue weighted by Crippen LogP contribution is -2.12. The number of rotatable bonds is 6. The van der Waals surface area contributed by atoms with Crippen molar-refractivity contribution in [3.63, 3.8) is 0 Å². The number of nitrogens with zero attached hydrogens (tertiary/aromatic N) is 2. The number of hydrogen-bond acceptors (Lipinski definition) is 2. The third kappa shape index (κ3) is 4.35. The average molecular weight is 367 g/mol. The number of carbonyl (C=O) groups excluding carboxylic acids is 1. The van der Waals surface area contributed by atoms with Crippen LogP contribution in [0.2, 0.25) is 0 Å². The number of anilines is 1. The fourth-order valence-electron chi connectivity index (χ4n) is 3.10. The van der Waals surface area contributed by atoms with Gasteiger partial charge in [0.2, 0.25) is 5.91 Å². The van der Waals surface area contributed by atoms with Crippen molar-refractivity contribution in [3.05, 3.63) is 103 Å². The molecular weight excluding hydrogens is 346 g/mol. The molecule has 1 N–H and O–H groups in total. The van der Waals surface area contributed by atoms with Gasteiger partial charge in [-0.3, -0.25) is 4.79 Å². The zero-order chi connectivity index (χ0) is 19.2. The summed E-state index contributed by atoms with van der Waals surface area (Å²) in [6.07, 6.45) is 6.59. The van der Waals surface area contributed by atoms with Crippen LogP contribution in [0.3, 0.4) is 0 Å². The molecule has 28 heavy (non-hydrogen) atoms. The summed E-state index contributed by atoms with van der Waals surface area (Å²) >= 11 is 0. The molecule has 0 fully saturated rings. The Morgan fingerprint density at radius 2 is 1.57 bits per heavy atom. The molecule has 1 aromatic heterocycles. The van der Waals surface area contributed by atoms with Gasteiger partial charge in [-0.2, -0.15) is 0 Å². The van der Waals surface area contributed by atoms with Crippen molar-refractivity contribution < 1.29 is 4.79 Å². The lowest BCUT2D eigenvalue weighted by molar-refractivity contribution is -0.116. The van der Waals surface area contributed by atoms with E-state index in [9.17, 15) is 4.79 Å². The molecule has 0 aliphatic carbocycles. The molecule has 1 amide bonds. The van der Waals surface area contributed by atoms with Crippen molar-refractivity contribution in [2.24, 2.45) is 0 Å². The van der Waals surface area contributed by atoms with Gasteiger partial charge in [0.1, 0.15) is 0 Å². The molecule has 0 unspecified atom stereocenters. The van der Waals surface area contributed by atoms with E-state index in [1.807, 2.05) is 65.4 Å². The normalized spacial score (nSPS) is 10.6. The molecule has 0 atom stereocenters. The maximum Gasteiger partial charge on any atom is 0.224 e. The molecule has 1 heterocycles. The molecule has 4 aromatic rings. The van der Waals surface area contributed by atoms with E-state index in [2.05, 4.69) is 34.6 Å². The van der Waals surface area contributed by atoms with Crippen molar-refractivity contribution in [1.82, 2.24) is 9.55 Å². The minimum absolute atomic E-state index is 0.0196. The van der Waals surface area contributed by atoms with Gasteiger partial charge in [-0.05, 0) is 47.4 Å². The quantitative estimate of drug-likeness (QED) is 0.515. The van der Waals surface area contributed by atoms with Crippen molar-refractivity contribution in [2.75, 3.05) is 5.32 Å². The Morgan fingerprint density at radius 1 is 0.857 bits per heavy atom. The summed E-state index contributed by atoms with van der Waals surface area (Å²) in [6.45, 7) is 0. The molecule has 138 valence electrons. The van der Waals surface area contributed by atoms with Gasteiger partial charge in [0, 0.05) is 30.2 Å². The van der Waals surface area contributed by atoms with Crippen LogP contribution in [0.1, 0.15) is 12.0 Å². The second-order valence-corrected chi connectivity index (χ2v) is 6.63. The van der Waals surface area contributed by atoms with E-state index in [1.54, 1.807) is 12.5 Å². The molecular formula is C24H21N3O. The highest BCUT2D eigenvalue weighted by Gasteiger charge is 2.05. The molecule has 4 heteroatoms. The Balaban J connectivity index is 1.31. The van der Waals surface area contributed by atoms with Gasteiger partial charge in [0.25, 0.3) is 0 Å². The Kier molecular flexibility index (Phi) is 5.29. The lowest BCUT2D eigenvalue weighted by atomic mass is 10.1. The monoisotopic (exact) mass is 367 g/mol. The summed E-state index contributed by atoms with van der Waals surface area (Å²) in [5, 5.41) is 2.97. The molecule has 0 aliphatic heterocycles. The summed E-state index contributed by atoms with van der Waals surface area (Å²) < 4.78 is 1.95. The van der Waals surface area contributed by atoms with Gasteiger partial charge >= 0.3 is 0 Å². The molecule has 0 spiro atoms. The molecule has 0 radical (unpaired) electrons. The van der Waals surface area contributed by atoms with Crippen molar-refractivity contribution in [2.45, 2.75) is 12.8 Å². The Morgan fingerprint density at radius 3 is 2.25 bits per heavy atom. The number of amides is 1. The number of carbonyl (C=O) groups is 1. The van der Waals surface area contributed by atoms with E-state index in [0.29, 0.717) is 12.8 Å². The van der Waals surface area contributed by atoms with E-state index >= 15 is 0 Å². The minimum Gasteiger partial charge on any atom is -0.326 e. The average Bonchev–Trinajstić information content (AvgIpc) is 3.29. The minimum atomic E-state index is 0.0196. The highest BCUT2D eigenvalue weighted by molar-refractivity contribution is 5.91. The molecule has 4 nitrogen and oxygen atoms in total. The maximum atomic E-state index is 12.3. The third-order valence-corrected chi connectivity index (χ3v) is 4.66. The van der Waals surface area contributed by atoms with Crippen molar-refractivity contribution in [3.8, 4) is 16.8 Å². The zero-order valence-electron chi connectivity index (χ0n) is 15.5. The first-order valence-corrected chi connectivity index (χ1v) is 9.30. The number of benzene rings is 3. The predicted molar refractivity (Wildman–Crippen MR) is 112 cm³/mol. The summed E-state index contributed by atoms with van der Waals surface area (Å²) in [5.74, 6) is 0.0196. The Hall–Kier alpha value is -3.66. The number of aromatic nitrogens is 2. The highest BCUT2D eigenvalue weighted by Crippen LogP contribution is 2.21. The van der Waals surface area contributed by atoms with Gasteiger partial charge in [-0.15, -0.1) is 0 Å². The molecule has 0 saturated heterocycles. The molecule has 4 rings (SSSR count). The van der Waals surface area contributed by atoms with Gasteiger partial charge in [-0.25, -0.2) is 4.98 Å². The first-order chi connectivity index (χ1) is 13.8. The van der Waals surface area contributed by atoms with Crippen LogP contribution in [-0.2, 0) is 11.2 Å². The third-order valence-electron chi connectivity index (χ3n) is 4.66. The fourth-order valence-corrected chi connectivity index (χ4v) is 3.10. The van der Waals surface area contributed by atoms with Crippen LogP contribution in [0.5, 0.6) is 0 Å². The van der Waals surface area contributed by atoms with E-state index in [-0.39, 0.29) is 5.91 Å². The van der Waals surface area contributed by atoms with Crippen LogP contribution in [-0.4, -0.2) is 15.5 Å². The van der Waals surface area contributed by atoms with Crippen LogP contribution >= 0.6 is 0 Å². The van der Waals surface area contributed by atoms with Gasteiger partial charge in [-0.1, -0.05) is 54.6 Å². The topological polar surface area (TPSA) is 46.9 Å². The predicted octanol–water partition coefficient (Wildman–Crippen LogP) is 5.11. The number of imidazole rings is 1. The standard InChI is InChI=1S/C24H21N3O/c28-24(15-8-19-6-13-23(14-7-19)27-17-16-25-18-27)26-22-11-9-21(10-12-22)20-4-2-1-3-5-20/h1-7,9-14,16-18H,8,15H2,(H,26,28). The van der Waals surface area contributed by atoms with Gasteiger partial charge < -0.3 is 9.88 Å². The Bertz CT molecular complexity index is 1020. The summed E-state index contributed by atoms with van der Waals surface area (Å²) in [4.78, 5) is 16.3. The highest BCUT2D eigenvalue weighted by atomic mass is 16.1. The van der Waals surface area contributed by atoms with E-state index in [4.69, 9.17) is 0 Å². The summed E-state index contributed by atoms with van der Waals surface area (Å²) in [6, 6.07) is 26.3. The molecule has 0 saturated carbocycles. The van der Waals surface area contributed by atoms with Gasteiger partial charge in [0.05, 0.1) is 6.33 Å². The first-order valence-electron chi connectivity index (χ1n) is 9.30. The number of aryl methyl sites for hydroxylation is 1. The van der Waals surface area contributed by atoms with E-state index in [0.717, 1.165) is 22.5 Å². The van der Waals surface area contributed by atoms with Gasteiger partial charge in [0.15, 0.2) is 0 Å². The number of nitrogens with one attached hydrogen (secondary N) is 1. The van der Waals surface area contributed by atoms with Crippen LogP contribution in [0.4, 0.5) is 5.69 Å². The van der Waals surface area contributed by atoms with E-state index in [1.165, 1.54) is 5.56 Å². The lowest BCUT2D eigenvalue weighted by Gasteiger charge is -2.08. The first kappa shape index (κ1) is 17.7. The molecule has 0 aliphatic rings. The van der Waals surface area contributed by atoms with E-state index < -0.39 is 0 Å². The van der Waals surface area contributed by atoms with Crippen LogP contribution in [0.15, 0.2) is 97.6 Å². The zero-order valence-corrected chi connectivity index (χ0v) is 15.5. The molecule has 3 aromatic carbocycles. The summed E-state index contributed by atoms with van der Waals surface area (Å²) in [5.41, 5.74) is 5.32. The number of hydrogen-bond donors (Lipinski definition) is 1. The van der Waals surface area contributed by atoms with Crippen LogP contribution in [0, 0.1) is 0 Å². The largest absolute Gasteiger partial charge is 0.326 e. The maximum absolute atomic E-state index is 12.3. The Labute approximate surface area is 164 Å². The smallest absolute Gasteiger partial charge is 0.224 e. The molecule has 0 bridgehead atoms. The summed E-state index contributed by atoms with van der Waals surface area (Å²) in [7, 11) is 0. The second kappa shape index (κ2) is 8.35. The van der Waals surface area contributed by atoms with Crippen LogP contribution < -0.4 is 5.32 Å². The SMILES string of the molecule is O=C(CCc1ccc(-n2ccnc2)cc1)Nc1ccc(-c2ccccc2)cc1.